The summed E-state index contributed by atoms with van der Waals surface area (Å²) in [7, 11) is 0. The van der Waals surface area contributed by atoms with Crippen molar-refractivity contribution in [1.82, 2.24) is 0 Å². The van der Waals surface area contributed by atoms with E-state index in [1.54, 1.807) is 0 Å². The highest BCUT2D eigenvalue weighted by atomic mass is 16.3. The highest BCUT2D eigenvalue weighted by Crippen LogP contribution is 2.66. The summed E-state index contributed by atoms with van der Waals surface area (Å²) in [6, 6.07) is 0. The van der Waals surface area contributed by atoms with Gasteiger partial charge in [0.2, 0.25) is 0 Å². The van der Waals surface area contributed by atoms with Gasteiger partial charge in [0.05, 0.1) is 12.7 Å². The van der Waals surface area contributed by atoms with Crippen LogP contribution in [0, 0.1) is 28.1 Å². The lowest BCUT2D eigenvalue weighted by Gasteiger charge is -2.63. The summed E-state index contributed by atoms with van der Waals surface area (Å²) in [6.07, 6.45) is 9.32. The van der Waals surface area contributed by atoms with E-state index in [0.29, 0.717) is 23.8 Å². The van der Waals surface area contributed by atoms with Crippen molar-refractivity contribution in [2.24, 2.45) is 33.8 Å². The van der Waals surface area contributed by atoms with Gasteiger partial charge in [0.1, 0.15) is 0 Å². The monoisotopic (exact) mass is 321 g/mol. The molecule has 2 fully saturated rings. The molecule has 0 saturated heterocycles. The van der Waals surface area contributed by atoms with E-state index in [9.17, 15) is 10.2 Å². The predicted octanol–water partition coefficient (Wildman–Crippen LogP) is 3.25. The molecule has 3 rings (SSSR count). The number of fused-ring (bicyclic) bond motifs is 3. The van der Waals surface area contributed by atoms with Crippen molar-refractivity contribution in [3.8, 4) is 0 Å². The van der Waals surface area contributed by atoms with Gasteiger partial charge in [0.15, 0.2) is 0 Å². The van der Waals surface area contributed by atoms with Crippen LogP contribution in [0.3, 0.4) is 0 Å². The minimum absolute atomic E-state index is 0.0932. The summed E-state index contributed by atoms with van der Waals surface area (Å²) in [5.74, 6) is 1.08. The smallest absolute Gasteiger partial charge is 0.0805 e. The lowest BCUT2D eigenvalue weighted by atomic mass is 9.42. The zero-order valence-corrected chi connectivity index (χ0v) is 15.1. The molecular weight excluding hydrogens is 286 g/mol. The topological polar surface area (TPSA) is 66.5 Å². The summed E-state index contributed by atoms with van der Waals surface area (Å²) in [6.45, 7) is 7.93. The average Bonchev–Trinajstić information content (AvgIpc) is 2.64. The van der Waals surface area contributed by atoms with E-state index in [0.717, 1.165) is 31.3 Å². The Balaban J connectivity index is 2.03. The van der Waals surface area contributed by atoms with Crippen LogP contribution in [0.5, 0.6) is 0 Å². The molecule has 5 unspecified atom stereocenters. The maximum absolute atomic E-state index is 11.0. The highest BCUT2D eigenvalue weighted by Gasteiger charge is 2.61. The highest BCUT2D eigenvalue weighted by molar-refractivity contribution is 5.19. The van der Waals surface area contributed by atoms with Gasteiger partial charge in [0, 0.05) is 12.0 Å². The Kier molecular flexibility index (Phi) is 4.44. The van der Waals surface area contributed by atoms with E-state index in [4.69, 9.17) is 5.73 Å². The van der Waals surface area contributed by atoms with Gasteiger partial charge in [-0.2, -0.15) is 0 Å². The molecule has 0 radical (unpaired) electrons. The number of nitrogens with two attached hydrogens (primary N) is 1. The quantitative estimate of drug-likeness (QED) is 0.684. The van der Waals surface area contributed by atoms with Crippen molar-refractivity contribution in [3.63, 3.8) is 0 Å². The molecule has 3 aliphatic carbocycles. The van der Waals surface area contributed by atoms with Crippen molar-refractivity contribution < 1.29 is 10.2 Å². The molecule has 5 atom stereocenters. The van der Waals surface area contributed by atoms with Crippen LogP contribution in [0.4, 0.5) is 0 Å². The van der Waals surface area contributed by atoms with Crippen LogP contribution in [0.15, 0.2) is 11.6 Å². The van der Waals surface area contributed by atoms with Crippen molar-refractivity contribution >= 4 is 0 Å². The molecule has 0 amide bonds. The van der Waals surface area contributed by atoms with Gasteiger partial charge in [-0.25, -0.2) is 0 Å². The molecule has 23 heavy (non-hydrogen) atoms. The third-order valence-corrected chi connectivity index (χ3v) is 7.96. The molecule has 2 saturated carbocycles. The fourth-order valence-electron chi connectivity index (χ4n) is 6.77. The summed E-state index contributed by atoms with van der Waals surface area (Å²) >= 11 is 0. The van der Waals surface area contributed by atoms with Crippen LogP contribution >= 0.6 is 0 Å². The van der Waals surface area contributed by atoms with Crippen molar-refractivity contribution in [1.29, 1.82) is 0 Å². The molecule has 0 spiro atoms. The third-order valence-electron chi connectivity index (χ3n) is 7.96. The van der Waals surface area contributed by atoms with Gasteiger partial charge in [-0.05, 0) is 61.2 Å². The molecule has 132 valence electrons. The SMILES string of the molecule is CC1(C)CCCC2(C)C1CCC1(CO)C(O)C=C(CN)CCC21. The fourth-order valence-corrected chi connectivity index (χ4v) is 6.77. The molecule has 3 nitrogen and oxygen atoms in total. The van der Waals surface area contributed by atoms with Gasteiger partial charge in [-0.3, -0.25) is 0 Å². The van der Waals surface area contributed by atoms with Crippen molar-refractivity contribution in [2.75, 3.05) is 13.2 Å². The minimum atomic E-state index is -0.554. The number of aliphatic hydroxyl groups is 2. The average molecular weight is 322 g/mol. The van der Waals surface area contributed by atoms with Crippen molar-refractivity contribution in [2.45, 2.75) is 71.8 Å². The first-order chi connectivity index (χ1) is 10.8. The maximum atomic E-state index is 11.0. The largest absolute Gasteiger partial charge is 0.396 e. The Labute approximate surface area is 141 Å². The van der Waals surface area contributed by atoms with Crippen LogP contribution in [0.2, 0.25) is 0 Å². The second-order valence-electron chi connectivity index (χ2n) is 9.40. The van der Waals surface area contributed by atoms with Gasteiger partial charge in [-0.1, -0.05) is 38.8 Å². The first-order valence-electron chi connectivity index (χ1n) is 9.49. The molecule has 3 heteroatoms. The van der Waals surface area contributed by atoms with Gasteiger partial charge in [0.25, 0.3) is 0 Å². The molecule has 4 N–H and O–H groups in total. The van der Waals surface area contributed by atoms with Crippen LogP contribution in [0.1, 0.15) is 65.7 Å². The summed E-state index contributed by atoms with van der Waals surface area (Å²) in [4.78, 5) is 0. The molecule has 0 bridgehead atoms. The summed E-state index contributed by atoms with van der Waals surface area (Å²) in [5.41, 5.74) is 7.27. The second-order valence-corrected chi connectivity index (χ2v) is 9.40. The van der Waals surface area contributed by atoms with E-state index in [1.165, 1.54) is 19.3 Å². The Bertz CT molecular complexity index is 486. The van der Waals surface area contributed by atoms with E-state index in [2.05, 4.69) is 20.8 Å². The predicted molar refractivity (Wildman–Crippen MR) is 93.9 cm³/mol. The molecule has 3 aliphatic rings. The Morgan fingerprint density at radius 3 is 2.52 bits per heavy atom. The number of hydrogen-bond donors (Lipinski definition) is 3. The van der Waals surface area contributed by atoms with Crippen LogP contribution in [-0.2, 0) is 0 Å². The first kappa shape index (κ1) is 17.4. The number of aliphatic hydroxyl groups excluding tert-OH is 2. The normalized spacial score (nSPS) is 46.3. The third kappa shape index (κ3) is 2.51. The second kappa shape index (κ2) is 5.86. The Morgan fingerprint density at radius 1 is 1.13 bits per heavy atom. The zero-order valence-electron chi connectivity index (χ0n) is 15.1. The summed E-state index contributed by atoms with van der Waals surface area (Å²) < 4.78 is 0. The molecule has 0 aromatic carbocycles. The molecule has 0 aliphatic heterocycles. The number of rotatable bonds is 2. The lowest BCUT2D eigenvalue weighted by Crippen LogP contribution is -2.59. The van der Waals surface area contributed by atoms with E-state index in [-0.39, 0.29) is 17.4 Å². The first-order valence-corrected chi connectivity index (χ1v) is 9.49. The molecule has 0 heterocycles. The number of hydrogen-bond acceptors (Lipinski definition) is 3. The standard InChI is InChI=1S/C20H35NO2/c1-18(2)8-4-9-19(3)15(18)7-10-20(13-22)16(19)6-5-14(12-21)11-17(20)23/h11,15-17,22-23H,4-10,12-13,21H2,1-3H3. The Morgan fingerprint density at radius 2 is 1.87 bits per heavy atom. The Hall–Kier alpha value is -0.380. The van der Waals surface area contributed by atoms with E-state index < -0.39 is 6.10 Å². The molecular formula is C20H35NO2. The van der Waals surface area contributed by atoms with Crippen LogP contribution in [-0.4, -0.2) is 29.5 Å². The van der Waals surface area contributed by atoms with Gasteiger partial charge >= 0.3 is 0 Å². The van der Waals surface area contributed by atoms with Gasteiger partial charge < -0.3 is 15.9 Å². The van der Waals surface area contributed by atoms with Crippen LogP contribution in [0.25, 0.3) is 0 Å². The van der Waals surface area contributed by atoms with E-state index >= 15 is 0 Å². The maximum Gasteiger partial charge on any atom is 0.0805 e. The minimum Gasteiger partial charge on any atom is -0.396 e. The lowest BCUT2D eigenvalue weighted by molar-refractivity contribution is -0.176. The van der Waals surface area contributed by atoms with Crippen LogP contribution < -0.4 is 5.73 Å². The van der Waals surface area contributed by atoms with E-state index in [1.807, 2.05) is 6.08 Å². The zero-order chi connectivity index (χ0) is 16.9. The summed E-state index contributed by atoms with van der Waals surface area (Å²) in [5, 5.41) is 21.3. The van der Waals surface area contributed by atoms with Crippen molar-refractivity contribution in [3.05, 3.63) is 11.6 Å². The fraction of sp³-hybridized carbons (Fsp3) is 0.900. The molecule has 0 aromatic rings. The molecule has 0 aromatic heterocycles. The van der Waals surface area contributed by atoms with Gasteiger partial charge in [-0.15, -0.1) is 0 Å².